The summed E-state index contributed by atoms with van der Waals surface area (Å²) in [5.74, 6) is 0.0504. The van der Waals surface area contributed by atoms with E-state index >= 15 is 0 Å². The van der Waals surface area contributed by atoms with E-state index in [9.17, 15) is 4.79 Å². The van der Waals surface area contributed by atoms with Gasteiger partial charge in [-0.05, 0) is 0 Å². The summed E-state index contributed by atoms with van der Waals surface area (Å²) in [6, 6.07) is 0. The average molecular weight is 224 g/mol. The highest BCUT2D eigenvalue weighted by atomic mass is 79.9. The van der Waals surface area contributed by atoms with Gasteiger partial charge in [-0.3, -0.25) is 9.36 Å². The van der Waals surface area contributed by atoms with Crippen LogP contribution in [0.5, 0.6) is 5.88 Å². The molecule has 0 unspecified atom stereocenters. The topological polar surface area (TPSA) is 42.2 Å². The highest BCUT2D eigenvalue weighted by molar-refractivity contribution is 9.09. The van der Waals surface area contributed by atoms with Gasteiger partial charge in [0.25, 0.3) is 0 Å². The summed E-state index contributed by atoms with van der Waals surface area (Å²) in [6.07, 6.45) is 0. The number of thiazole rings is 1. The van der Waals surface area contributed by atoms with E-state index in [1.807, 2.05) is 0 Å². The normalized spacial score (nSPS) is 10.1. The van der Waals surface area contributed by atoms with Crippen LogP contribution >= 0.6 is 27.3 Å². The lowest BCUT2D eigenvalue weighted by Gasteiger charge is -1.96. The van der Waals surface area contributed by atoms with E-state index in [0.29, 0.717) is 11.9 Å². The van der Waals surface area contributed by atoms with Crippen LogP contribution in [0.4, 0.5) is 0 Å². The second-order valence-electron chi connectivity index (χ2n) is 1.70. The second-order valence-corrected chi connectivity index (χ2v) is 3.31. The first kappa shape index (κ1) is 7.81. The van der Waals surface area contributed by atoms with Crippen molar-refractivity contribution >= 4 is 27.3 Å². The SMILES string of the molecule is O=c1scc(O)n1CCBr. The Hall–Kier alpha value is -0.290. The van der Waals surface area contributed by atoms with E-state index in [4.69, 9.17) is 5.11 Å². The van der Waals surface area contributed by atoms with Crippen molar-refractivity contribution in [2.45, 2.75) is 6.54 Å². The minimum absolute atomic E-state index is 0.0504. The predicted molar refractivity (Wildman–Crippen MR) is 44.0 cm³/mol. The Morgan fingerprint density at radius 2 is 2.50 bits per heavy atom. The third-order valence-corrected chi connectivity index (χ3v) is 2.18. The summed E-state index contributed by atoms with van der Waals surface area (Å²) < 4.78 is 1.32. The zero-order chi connectivity index (χ0) is 7.56. The molecule has 56 valence electrons. The van der Waals surface area contributed by atoms with E-state index in [-0.39, 0.29) is 10.8 Å². The van der Waals surface area contributed by atoms with Gasteiger partial charge in [-0.15, -0.1) is 0 Å². The molecule has 0 aliphatic rings. The third-order valence-electron chi connectivity index (χ3n) is 1.07. The number of aromatic nitrogens is 1. The molecule has 5 heteroatoms. The maximum atomic E-state index is 10.8. The van der Waals surface area contributed by atoms with E-state index < -0.39 is 0 Å². The molecule has 0 bridgehead atoms. The minimum atomic E-state index is -0.114. The van der Waals surface area contributed by atoms with Crippen LogP contribution < -0.4 is 4.87 Å². The highest BCUT2D eigenvalue weighted by Gasteiger charge is 2.01. The summed E-state index contributed by atoms with van der Waals surface area (Å²) in [6.45, 7) is 0.522. The lowest BCUT2D eigenvalue weighted by atomic mass is 10.7. The van der Waals surface area contributed by atoms with Crippen LogP contribution in [-0.2, 0) is 6.54 Å². The van der Waals surface area contributed by atoms with Gasteiger partial charge in [-0.1, -0.05) is 27.3 Å². The van der Waals surface area contributed by atoms with Gasteiger partial charge >= 0.3 is 4.87 Å². The zero-order valence-electron chi connectivity index (χ0n) is 5.08. The fourth-order valence-electron chi connectivity index (χ4n) is 0.614. The van der Waals surface area contributed by atoms with Crippen LogP contribution in [0.2, 0.25) is 0 Å². The smallest absolute Gasteiger partial charge is 0.310 e. The molecule has 0 radical (unpaired) electrons. The zero-order valence-corrected chi connectivity index (χ0v) is 7.48. The Labute approximate surface area is 70.1 Å². The van der Waals surface area contributed by atoms with Crippen molar-refractivity contribution in [2.24, 2.45) is 0 Å². The molecule has 0 spiro atoms. The molecule has 1 aromatic rings. The first-order valence-corrected chi connectivity index (χ1v) is 4.69. The van der Waals surface area contributed by atoms with Gasteiger partial charge in [0.15, 0.2) is 0 Å². The van der Waals surface area contributed by atoms with Gasteiger partial charge in [-0.2, -0.15) is 0 Å². The third kappa shape index (κ3) is 1.41. The van der Waals surface area contributed by atoms with E-state index in [1.165, 1.54) is 9.95 Å². The molecule has 3 nitrogen and oxygen atoms in total. The average Bonchev–Trinajstić information content (AvgIpc) is 2.20. The molecule has 0 saturated carbocycles. The Bertz CT molecular complexity index is 267. The summed E-state index contributed by atoms with van der Waals surface area (Å²) >= 11 is 4.18. The molecule has 0 amide bonds. The van der Waals surface area contributed by atoms with Crippen LogP contribution in [0.3, 0.4) is 0 Å². The summed E-state index contributed by atoms with van der Waals surface area (Å²) in [5.41, 5.74) is 0. The number of halogens is 1. The first-order chi connectivity index (χ1) is 4.75. The quantitative estimate of drug-likeness (QED) is 0.761. The summed E-state index contributed by atoms with van der Waals surface area (Å²) in [4.78, 5) is 10.7. The highest BCUT2D eigenvalue weighted by Crippen LogP contribution is 2.08. The van der Waals surface area contributed by atoms with Crippen LogP contribution in [-0.4, -0.2) is 15.0 Å². The molecule has 0 fully saturated rings. The van der Waals surface area contributed by atoms with Crippen molar-refractivity contribution in [1.29, 1.82) is 0 Å². The number of nitrogens with zero attached hydrogens (tertiary/aromatic N) is 1. The van der Waals surface area contributed by atoms with Gasteiger partial charge in [-0.25, -0.2) is 0 Å². The monoisotopic (exact) mass is 223 g/mol. The maximum Gasteiger partial charge on any atom is 0.310 e. The van der Waals surface area contributed by atoms with Gasteiger partial charge < -0.3 is 5.11 Å². The fraction of sp³-hybridized carbons (Fsp3) is 0.400. The molecule has 0 aliphatic heterocycles. The van der Waals surface area contributed by atoms with Crippen molar-refractivity contribution in [1.82, 2.24) is 4.57 Å². The lowest BCUT2D eigenvalue weighted by Crippen LogP contribution is -2.12. The second kappa shape index (κ2) is 3.21. The van der Waals surface area contributed by atoms with E-state index in [0.717, 1.165) is 11.3 Å². The van der Waals surface area contributed by atoms with Crippen LogP contribution in [0.25, 0.3) is 0 Å². The number of hydrogen-bond donors (Lipinski definition) is 1. The predicted octanol–water partition coefficient (Wildman–Crippen LogP) is 1.01. The van der Waals surface area contributed by atoms with Gasteiger partial charge in [0.2, 0.25) is 5.88 Å². The number of hydrogen-bond acceptors (Lipinski definition) is 3. The Morgan fingerprint density at radius 3 is 2.90 bits per heavy atom. The van der Waals surface area contributed by atoms with Crippen molar-refractivity contribution in [3.63, 3.8) is 0 Å². The Balaban J connectivity index is 2.99. The van der Waals surface area contributed by atoms with Crippen molar-refractivity contribution in [3.05, 3.63) is 15.0 Å². The molecule has 0 aromatic carbocycles. The number of aromatic hydroxyl groups is 1. The fourth-order valence-corrected chi connectivity index (χ4v) is 1.61. The minimum Gasteiger partial charge on any atom is -0.494 e. The molecule has 1 rings (SSSR count). The molecule has 0 saturated heterocycles. The first-order valence-electron chi connectivity index (χ1n) is 2.69. The van der Waals surface area contributed by atoms with E-state index in [1.54, 1.807) is 0 Å². The number of rotatable bonds is 2. The number of alkyl halides is 1. The largest absolute Gasteiger partial charge is 0.494 e. The van der Waals surface area contributed by atoms with Crippen LogP contribution in [0.15, 0.2) is 10.2 Å². The standard InChI is InChI=1S/C5H6BrNO2S/c6-1-2-7-4(8)3-10-5(7)9/h3,8H,1-2H2. The van der Waals surface area contributed by atoms with Crippen molar-refractivity contribution in [3.8, 4) is 5.88 Å². The lowest BCUT2D eigenvalue weighted by molar-refractivity contribution is 0.419. The molecule has 0 atom stereocenters. The van der Waals surface area contributed by atoms with Crippen molar-refractivity contribution < 1.29 is 5.11 Å². The maximum absolute atomic E-state index is 10.8. The molecular weight excluding hydrogens is 218 g/mol. The molecule has 10 heavy (non-hydrogen) atoms. The van der Waals surface area contributed by atoms with Gasteiger partial charge in [0, 0.05) is 11.9 Å². The Morgan fingerprint density at radius 1 is 1.80 bits per heavy atom. The molecular formula is C5H6BrNO2S. The molecule has 1 N–H and O–H groups in total. The van der Waals surface area contributed by atoms with Gasteiger partial charge in [0.1, 0.15) is 0 Å². The summed E-state index contributed by atoms with van der Waals surface area (Å²) in [5, 5.41) is 11.1. The molecule has 1 heterocycles. The Kier molecular flexibility index (Phi) is 2.50. The summed E-state index contributed by atoms with van der Waals surface area (Å²) in [7, 11) is 0. The molecule has 1 aromatic heterocycles. The van der Waals surface area contributed by atoms with Crippen LogP contribution in [0.1, 0.15) is 0 Å². The van der Waals surface area contributed by atoms with Crippen LogP contribution in [0, 0.1) is 0 Å². The molecule has 0 aliphatic carbocycles. The van der Waals surface area contributed by atoms with Gasteiger partial charge in [0.05, 0.1) is 5.38 Å². The van der Waals surface area contributed by atoms with E-state index in [2.05, 4.69) is 15.9 Å². The van der Waals surface area contributed by atoms with Crippen molar-refractivity contribution in [2.75, 3.05) is 5.33 Å².